The second kappa shape index (κ2) is 5.75. The Morgan fingerprint density at radius 1 is 1.42 bits per heavy atom. The van der Waals surface area contributed by atoms with Crippen LogP contribution in [-0.4, -0.2) is 43.4 Å². The molecule has 1 fully saturated rings. The van der Waals surface area contributed by atoms with Crippen LogP contribution in [0.3, 0.4) is 0 Å². The Morgan fingerprint density at radius 3 is 2.53 bits per heavy atom. The van der Waals surface area contributed by atoms with Crippen LogP contribution in [-0.2, 0) is 14.3 Å². The normalized spacial score (nSPS) is 28.3. The zero-order valence-electron chi connectivity index (χ0n) is 11.7. The molecule has 1 aliphatic carbocycles. The largest absolute Gasteiger partial charge is 0.448 e. The van der Waals surface area contributed by atoms with Crippen LogP contribution in [0, 0.1) is 5.41 Å². The predicted molar refractivity (Wildman–Crippen MR) is 69.3 cm³/mol. The third kappa shape index (κ3) is 2.98. The highest BCUT2D eigenvalue weighted by atomic mass is 16.5. The highest BCUT2D eigenvalue weighted by molar-refractivity contribution is 5.88. The average molecular weight is 273 g/mol. The number of hydrogen-bond donors (Lipinski definition) is 3. The summed E-state index contributed by atoms with van der Waals surface area (Å²) in [6.45, 7) is 6.56. The van der Waals surface area contributed by atoms with Crippen LogP contribution in [0.25, 0.3) is 0 Å². The van der Waals surface area contributed by atoms with E-state index in [9.17, 15) is 9.59 Å². The van der Waals surface area contributed by atoms with E-state index in [0.717, 1.165) is 0 Å². The number of carbonyl (C=O) groups excluding carboxylic acids is 2. The number of ether oxygens (including phenoxy) is 2. The summed E-state index contributed by atoms with van der Waals surface area (Å²) in [6.07, 6.45) is -0.400. The van der Waals surface area contributed by atoms with Gasteiger partial charge in [-0.3, -0.25) is 4.79 Å². The minimum Gasteiger partial charge on any atom is -0.448 e. The van der Waals surface area contributed by atoms with Gasteiger partial charge in [0.15, 0.2) is 0 Å². The Labute approximate surface area is 113 Å². The molecule has 2 unspecified atom stereocenters. The summed E-state index contributed by atoms with van der Waals surface area (Å²) in [7, 11) is 0. The van der Waals surface area contributed by atoms with Crippen molar-refractivity contribution in [3.8, 4) is 0 Å². The number of carbonyl (C=O) groups is 2. The van der Waals surface area contributed by atoms with Crippen LogP contribution >= 0.6 is 0 Å². The van der Waals surface area contributed by atoms with Gasteiger partial charge in [-0.1, -0.05) is 13.8 Å². The van der Waals surface area contributed by atoms with Crippen molar-refractivity contribution in [2.45, 2.75) is 38.8 Å². The van der Waals surface area contributed by atoms with Gasteiger partial charge < -0.3 is 26.3 Å². The van der Waals surface area contributed by atoms with Crippen molar-refractivity contribution in [3.05, 3.63) is 0 Å². The lowest BCUT2D eigenvalue weighted by Gasteiger charge is -2.57. The SMILES string of the molecule is CCOC1CC(N)(C(=O)NCCOC(N)=O)C1(C)C. The van der Waals surface area contributed by atoms with E-state index in [1.54, 1.807) is 0 Å². The molecule has 0 spiro atoms. The summed E-state index contributed by atoms with van der Waals surface area (Å²) >= 11 is 0. The van der Waals surface area contributed by atoms with E-state index in [4.69, 9.17) is 16.2 Å². The molecule has 0 aromatic heterocycles. The van der Waals surface area contributed by atoms with Crippen LogP contribution in [0.1, 0.15) is 27.2 Å². The van der Waals surface area contributed by atoms with Crippen molar-refractivity contribution in [3.63, 3.8) is 0 Å². The molecule has 0 saturated heterocycles. The lowest BCUT2D eigenvalue weighted by Crippen LogP contribution is -2.75. The lowest BCUT2D eigenvalue weighted by atomic mass is 9.54. The highest BCUT2D eigenvalue weighted by Crippen LogP contribution is 2.49. The van der Waals surface area contributed by atoms with E-state index in [0.29, 0.717) is 13.0 Å². The molecule has 1 saturated carbocycles. The molecule has 0 heterocycles. The molecular formula is C12H23N3O4. The molecule has 1 aliphatic rings. The first kappa shape index (κ1) is 15.7. The van der Waals surface area contributed by atoms with E-state index in [2.05, 4.69) is 10.1 Å². The maximum atomic E-state index is 12.1. The van der Waals surface area contributed by atoms with E-state index in [-0.39, 0.29) is 25.2 Å². The number of primary amides is 1. The molecule has 2 atom stereocenters. The third-order valence-corrected chi connectivity index (χ3v) is 3.87. The Kier molecular flexibility index (Phi) is 4.75. The van der Waals surface area contributed by atoms with Gasteiger partial charge in [0.05, 0.1) is 12.6 Å². The van der Waals surface area contributed by atoms with Gasteiger partial charge in [-0.25, -0.2) is 4.79 Å². The van der Waals surface area contributed by atoms with Crippen LogP contribution in [0.2, 0.25) is 0 Å². The minimum atomic E-state index is -0.959. The fourth-order valence-corrected chi connectivity index (χ4v) is 2.29. The Hall–Kier alpha value is -1.34. The van der Waals surface area contributed by atoms with Crippen molar-refractivity contribution < 1.29 is 19.1 Å². The average Bonchev–Trinajstić information content (AvgIpc) is 2.33. The van der Waals surface area contributed by atoms with Crippen molar-refractivity contribution in [1.82, 2.24) is 5.32 Å². The Balaban J connectivity index is 2.46. The van der Waals surface area contributed by atoms with E-state index in [1.165, 1.54) is 0 Å². The first-order valence-corrected chi connectivity index (χ1v) is 6.36. The maximum Gasteiger partial charge on any atom is 0.404 e. The van der Waals surface area contributed by atoms with Crippen molar-refractivity contribution in [1.29, 1.82) is 0 Å². The van der Waals surface area contributed by atoms with Gasteiger partial charge in [0.1, 0.15) is 12.1 Å². The summed E-state index contributed by atoms with van der Waals surface area (Å²) in [5.41, 5.74) is 9.58. The summed E-state index contributed by atoms with van der Waals surface area (Å²) in [5, 5.41) is 2.65. The molecule has 1 rings (SSSR count). The zero-order valence-corrected chi connectivity index (χ0v) is 11.7. The number of amides is 2. The number of rotatable bonds is 6. The van der Waals surface area contributed by atoms with Crippen molar-refractivity contribution in [2.75, 3.05) is 19.8 Å². The van der Waals surface area contributed by atoms with Crippen LogP contribution in [0.5, 0.6) is 0 Å². The van der Waals surface area contributed by atoms with Gasteiger partial charge in [0, 0.05) is 18.4 Å². The summed E-state index contributed by atoms with van der Waals surface area (Å²) in [5.74, 6) is -0.262. The number of nitrogens with two attached hydrogens (primary N) is 2. The molecule has 2 amide bonds. The van der Waals surface area contributed by atoms with Gasteiger partial charge in [0.25, 0.3) is 0 Å². The number of nitrogens with one attached hydrogen (secondary N) is 1. The molecule has 0 aromatic carbocycles. The lowest BCUT2D eigenvalue weighted by molar-refractivity contribution is -0.170. The smallest absolute Gasteiger partial charge is 0.404 e. The first-order valence-electron chi connectivity index (χ1n) is 6.36. The first-order chi connectivity index (χ1) is 8.75. The molecule has 5 N–H and O–H groups in total. The summed E-state index contributed by atoms with van der Waals surface area (Å²) in [6, 6.07) is 0. The molecule has 19 heavy (non-hydrogen) atoms. The van der Waals surface area contributed by atoms with Crippen LogP contribution in [0.4, 0.5) is 4.79 Å². The molecule has 0 aliphatic heterocycles. The van der Waals surface area contributed by atoms with Gasteiger partial charge in [-0.2, -0.15) is 0 Å². The molecule has 7 heteroatoms. The second-order valence-corrected chi connectivity index (χ2v) is 5.26. The fraction of sp³-hybridized carbons (Fsp3) is 0.833. The standard InChI is InChI=1S/C12H23N3O4/c1-4-18-8-7-12(14,11(8,2)3)9(16)15-5-6-19-10(13)17/h8H,4-7,14H2,1-3H3,(H2,13,17)(H,15,16). The van der Waals surface area contributed by atoms with Crippen molar-refractivity contribution >= 4 is 12.0 Å². The van der Waals surface area contributed by atoms with Crippen LogP contribution in [0.15, 0.2) is 0 Å². The molecule has 0 bridgehead atoms. The molecule has 7 nitrogen and oxygen atoms in total. The zero-order chi connectivity index (χ0) is 14.7. The highest BCUT2D eigenvalue weighted by Gasteiger charge is 2.62. The molecule has 0 radical (unpaired) electrons. The third-order valence-electron chi connectivity index (χ3n) is 3.87. The Bertz CT molecular complexity index is 359. The second-order valence-electron chi connectivity index (χ2n) is 5.26. The topological polar surface area (TPSA) is 117 Å². The minimum absolute atomic E-state index is 0.0184. The predicted octanol–water partition coefficient (Wildman–Crippen LogP) is -0.270. The van der Waals surface area contributed by atoms with Crippen molar-refractivity contribution in [2.24, 2.45) is 16.9 Å². The van der Waals surface area contributed by atoms with Gasteiger partial charge >= 0.3 is 6.09 Å². The van der Waals surface area contributed by atoms with Gasteiger partial charge in [-0.15, -0.1) is 0 Å². The van der Waals surface area contributed by atoms with Crippen LogP contribution < -0.4 is 16.8 Å². The van der Waals surface area contributed by atoms with E-state index < -0.39 is 17.0 Å². The monoisotopic (exact) mass is 273 g/mol. The van der Waals surface area contributed by atoms with Gasteiger partial charge in [-0.05, 0) is 6.92 Å². The summed E-state index contributed by atoms with van der Waals surface area (Å²) in [4.78, 5) is 22.5. The Morgan fingerprint density at radius 2 is 2.05 bits per heavy atom. The maximum absolute atomic E-state index is 12.1. The number of hydrogen-bond acceptors (Lipinski definition) is 5. The van der Waals surface area contributed by atoms with Gasteiger partial charge in [0.2, 0.25) is 5.91 Å². The molecule has 0 aromatic rings. The van der Waals surface area contributed by atoms with E-state index in [1.807, 2.05) is 20.8 Å². The molecule has 110 valence electrons. The molecular weight excluding hydrogens is 250 g/mol. The summed E-state index contributed by atoms with van der Waals surface area (Å²) < 4.78 is 10.1. The quantitative estimate of drug-likeness (QED) is 0.576. The fourth-order valence-electron chi connectivity index (χ4n) is 2.29. The van der Waals surface area contributed by atoms with E-state index >= 15 is 0 Å².